The molecule has 1 saturated heterocycles. The van der Waals surface area contributed by atoms with Crippen molar-refractivity contribution in [1.29, 1.82) is 0 Å². The van der Waals surface area contributed by atoms with Gasteiger partial charge in [-0.05, 0) is 25.1 Å². The number of benzene rings is 1. The summed E-state index contributed by atoms with van der Waals surface area (Å²) in [5.41, 5.74) is 9.48. The summed E-state index contributed by atoms with van der Waals surface area (Å²) in [7, 11) is 4.00. The van der Waals surface area contributed by atoms with E-state index >= 15 is 0 Å². The Morgan fingerprint density at radius 1 is 1.25 bits per heavy atom. The van der Waals surface area contributed by atoms with E-state index in [1.165, 1.54) is 0 Å². The van der Waals surface area contributed by atoms with Crippen molar-refractivity contribution in [2.24, 2.45) is 5.73 Å². The highest BCUT2D eigenvalue weighted by atomic mass is 32.1. The van der Waals surface area contributed by atoms with E-state index < -0.39 is 6.03 Å². The SMILES string of the molecule is CC(Oc1nc(-c2ccc(N(C)C)cc2)cc2nccnc12)C1CN(C(N)=O)CCO1.S. The van der Waals surface area contributed by atoms with E-state index in [9.17, 15) is 4.79 Å². The molecule has 9 nitrogen and oxygen atoms in total. The van der Waals surface area contributed by atoms with Gasteiger partial charge in [-0.1, -0.05) is 12.1 Å². The van der Waals surface area contributed by atoms with E-state index in [0.717, 1.165) is 16.9 Å². The summed E-state index contributed by atoms with van der Waals surface area (Å²) in [6, 6.07) is 9.55. The lowest BCUT2D eigenvalue weighted by Gasteiger charge is -2.34. The largest absolute Gasteiger partial charge is 0.470 e. The van der Waals surface area contributed by atoms with E-state index in [2.05, 4.69) is 9.97 Å². The van der Waals surface area contributed by atoms with Gasteiger partial charge in [0.25, 0.3) is 0 Å². The van der Waals surface area contributed by atoms with E-state index in [1.807, 2.05) is 56.3 Å². The second-order valence-corrected chi connectivity index (χ2v) is 7.69. The molecule has 3 aromatic rings. The highest BCUT2D eigenvalue weighted by Crippen LogP contribution is 2.29. The van der Waals surface area contributed by atoms with Crippen LogP contribution in [-0.4, -0.2) is 71.9 Å². The minimum absolute atomic E-state index is 0. The van der Waals surface area contributed by atoms with Crippen molar-refractivity contribution in [3.8, 4) is 17.1 Å². The maximum absolute atomic E-state index is 11.5. The molecule has 2 unspecified atom stereocenters. The molecule has 1 aromatic carbocycles. The predicted molar refractivity (Wildman–Crippen MR) is 128 cm³/mol. The Labute approximate surface area is 194 Å². The Hall–Kier alpha value is -3.11. The fourth-order valence-electron chi connectivity index (χ4n) is 3.52. The second-order valence-electron chi connectivity index (χ2n) is 7.69. The van der Waals surface area contributed by atoms with Crippen molar-refractivity contribution in [1.82, 2.24) is 19.9 Å². The van der Waals surface area contributed by atoms with Crippen LogP contribution in [0.15, 0.2) is 42.7 Å². The highest BCUT2D eigenvalue weighted by Gasteiger charge is 2.29. The van der Waals surface area contributed by atoms with Crippen LogP contribution in [0.5, 0.6) is 5.88 Å². The van der Waals surface area contributed by atoms with Gasteiger partial charge < -0.3 is 25.0 Å². The van der Waals surface area contributed by atoms with Gasteiger partial charge in [0.1, 0.15) is 12.2 Å². The average molecular weight is 457 g/mol. The topological polar surface area (TPSA) is 107 Å². The van der Waals surface area contributed by atoms with Gasteiger partial charge in [0.05, 0.1) is 24.4 Å². The van der Waals surface area contributed by atoms with E-state index in [-0.39, 0.29) is 25.7 Å². The predicted octanol–water partition coefficient (Wildman–Crippen LogP) is 2.42. The third kappa shape index (κ3) is 5.03. The number of morpholine rings is 1. The number of anilines is 1. The molecule has 4 rings (SSSR count). The number of nitrogens with zero attached hydrogens (tertiary/aromatic N) is 5. The third-order valence-electron chi connectivity index (χ3n) is 5.33. The second kappa shape index (κ2) is 10.0. The molecule has 0 aliphatic carbocycles. The van der Waals surface area contributed by atoms with Crippen molar-refractivity contribution in [2.45, 2.75) is 19.1 Å². The Morgan fingerprint density at radius 2 is 1.97 bits per heavy atom. The summed E-state index contributed by atoms with van der Waals surface area (Å²) in [6.45, 7) is 3.14. The summed E-state index contributed by atoms with van der Waals surface area (Å²) >= 11 is 0. The van der Waals surface area contributed by atoms with Gasteiger partial charge >= 0.3 is 6.03 Å². The summed E-state index contributed by atoms with van der Waals surface area (Å²) in [6.07, 6.45) is 2.56. The molecule has 10 heteroatoms. The maximum Gasteiger partial charge on any atom is 0.314 e. The number of ether oxygens (including phenoxy) is 2. The molecule has 170 valence electrons. The summed E-state index contributed by atoms with van der Waals surface area (Å²) in [5, 5.41) is 0. The van der Waals surface area contributed by atoms with Gasteiger partial charge in [-0.15, -0.1) is 0 Å². The van der Waals surface area contributed by atoms with Crippen molar-refractivity contribution in [3.05, 3.63) is 42.7 Å². The number of carbonyl (C=O) groups is 1. The first kappa shape index (κ1) is 23.6. The lowest BCUT2D eigenvalue weighted by atomic mass is 10.1. The standard InChI is InChI=1S/C22H26N6O3.H2S/c1-14(19-13-28(22(23)29)10-11-30-19)31-21-20-18(24-8-9-25-20)12-17(26-21)15-4-6-16(7-5-15)27(2)3;/h4-9,12,14,19H,10-11,13H2,1-3H3,(H2,23,29);1H2. The van der Waals surface area contributed by atoms with Crippen LogP contribution in [0.3, 0.4) is 0 Å². The normalized spacial score (nSPS) is 16.8. The Balaban J connectivity index is 0.00000289. The van der Waals surface area contributed by atoms with Gasteiger partial charge in [-0.25, -0.2) is 14.8 Å². The van der Waals surface area contributed by atoms with E-state index in [1.54, 1.807) is 17.3 Å². The fraction of sp³-hybridized carbons (Fsp3) is 0.364. The van der Waals surface area contributed by atoms with Crippen LogP contribution in [0.25, 0.3) is 22.3 Å². The Bertz CT molecular complexity index is 1080. The van der Waals surface area contributed by atoms with Crippen LogP contribution < -0.4 is 15.4 Å². The zero-order chi connectivity index (χ0) is 22.0. The fourth-order valence-corrected chi connectivity index (χ4v) is 3.52. The van der Waals surface area contributed by atoms with Crippen LogP contribution in [-0.2, 0) is 4.74 Å². The molecule has 1 aliphatic heterocycles. The minimum Gasteiger partial charge on any atom is -0.470 e. The molecule has 0 bridgehead atoms. The van der Waals surface area contributed by atoms with Crippen LogP contribution in [0.2, 0.25) is 0 Å². The zero-order valence-corrected chi connectivity index (χ0v) is 19.4. The molecular weight excluding hydrogens is 428 g/mol. The van der Waals surface area contributed by atoms with Gasteiger partial charge in [0, 0.05) is 44.3 Å². The molecule has 32 heavy (non-hydrogen) atoms. The van der Waals surface area contributed by atoms with Gasteiger partial charge in [0.15, 0.2) is 5.52 Å². The number of nitrogens with two attached hydrogens (primary N) is 1. The summed E-state index contributed by atoms with van der Waals surface area (Å²) in [5.74, 6) is 0.379. The van der Waals surface area contributed by atoms with Crippen LogP contribution in [0.4, 0.5) is 10.5 Å². The number of fused-ring (bicyclic) bond motifs is 1. The van der Waals surface area contributed by atoms with Crippen molar-refractivity contribution in [2.75, 3.05) is 38.7 Å². The number of carbonyl (C=O) groups excluding carboxylic acids is 1. The number of hydrogen-bond donors (Lipinski definition) is 1. The number of primary amides is 1. The molecule has 0 radical (unpaired) electrons. The number of amides is 2. The number of rotatable bonds is 5. The molecule has 2 N–H and O–H groups in total. The molecule has 0 spiro atoms. The van der Waals surface area contributed by atoms with Gasteiger partial charge in [-0.2, -0.15) is 13.5 Å². The molecule has 2 amide bonds. The van der Waals surface area contributed by atoms with Crippen molar-refractivity contribution in [3.63, 3.8) is 0 Å². The number of hydrogen-bond acceptors (Lipinski definition) is 7. The Kier molecular flexibility index (Phi) is 7.37. The lowest BCUT2D eigenvalue weighted by molar-refractivity contribution is -0.0640. The Morgan fingerprint density at radius 3 is 2.66 bits per heavy atom. The maximum atomic E-state index is 11.5. The molecule has 2 atom stereocenters. The molecule has 2 aromatic heterocycles. The summed E-state index contributed by atoms with van der Waals surface area (Å²) < 4.78 is 12.0. The smallest absolute Gasteiger partial charge is 0.314 e. The molecule has 1 aliphatic rings. The van der Waals surface area contributed by atoms with Crippen LogP contribution in [0.1, 0.15) is 6.92 Å². The van der Waals surface area contributed by atoms with E-state index in [0.29, 0.717) is 36.6 Å². The third-order valence-corrected chi connectivity index (χ3v) is 5.33. The van der Waals surface area contributed by atoms with Crippen molar-refractivity contribution < 1.29 is 14.3 Å². The van der Waals surface area contributed by atoms with E-state index in [4.69, 9.17) is 20.2 Å². The first-order chi connectivity index (χ1) is 14.9. The highest BCUT2D eigenvalue weighted by molar-refractivity contribution is 7.59. The van der Waals surface area contributed by atoms with Crippen LogP contribution >= 0.6 is 13.5 Å². The molecule has 0 saturated carbocycles. The molecular formula is C22H28N6O3S. The quantitative estimate of drug-likeness (QED) is 0.628. The zero-order valence-electron chi connectivity index (χ0n) is 18.4. The monoisotopic (exact) mass is 456 g/mol. The summed E-state index contributed by atoms with van der Waals surface area (Å²) in [4.78, 5) is 28.7. The number of pyridine rings is 1. The molecule has 3 heterocycles. The number of aromatic nitrogens is 3. The first-order valence-corrected chi connectivity index (χ1v) is 10.1. The van der Waals surface area contributed by atoms with Crippen molar-refractivity contribution >= 4 is 36.2 Å². The first-order valence-electron chi connectivity index (χ1n) is 10.1. The number of urea groups is 1. The lowest BCUT2D eigenvalue weighted by Crippen LogP contribution is -2.52. The average Bonchev–Trinajstić information content (AvgIpc) is 2.79. The van der Waals surface area contributed by atoms with Gasteiger partial charge in [0.2, 0.25) is 5.88 Å². The van der Waals surface area contributed by atoms with Gasteiger partial charge in [-0.3, -0.25) is 4.98 Å². The van der Waals surface area contributed by atoms with Crippen LogP contribution in [0, 0.1) is 0 Å². The minimum atomic E-state index is -0.460. The molecule has 1 fully saturated rings.